The molecule has 126 valence electrons. The van der Waals surface area contributed by atoms with E-state index in [1.54, 1.807) is 0 Å². The minimum Gasteiger partial charge on any atom is -0.303 e. The van der Waals surface area contributed by atoms with E-state index in [2.05, 4.69) is 13.5 Å². The lowest BCUT2D eigenvalue weighted by Crippen LogP contribution is -1.66. The van der Waals surface area contributed by atoms with Crippen LogP contribution in [0.25, 0.3) is 0 Å². The standard InChI is InChI=1S/C5H10.3H3O4P/c1-4-5(2)3;3*1-5(2,3)4/h2,4H2,1,3H3;3*(H3,1,2,3,4). The normalized spacial score (nSPS) is 10.8. The van der Waals surface area contributed by atoms with Crippen molar-refractivity contribution in [2.75, 3.05) is 0 Å². The van der Waals surface area contributed by atoms with Crippen LogP contribution >= 0.6 is 23.5 Å². The summed E-state index contributed by atoms with van der Waals surface area (Å²) in [5, 5.41) is 0. The lowest BCUT2D eigenvalue weighted by Gasteiger charge is -1.82. The molecule has 0 aromatic heterocycles. The van der Waals surface area contributed by atoms with Crippen LogP contribution in [0.2, 0.25) is 0 Å². The number of hydrogen-bond donors (Lipinski definition) is 9. The summed E-state index contributed by atoms with van der Waals surface area (Å²) in [6.07, 6.45) is 1.11. The van der Waals surface area contributed by atoms with Crippen molar-refractivity contribution in [1.29, 1.82) is 0 Å². The molecule has 0 aromatic rings. The molecule has 0 aromatic carbocycles. The highest BCUT2D eigenvalue weighted by Crippen LogP contribution is 2.26. The molecule has 0 fully saturated rings. The van der Waals surface area contributed by atoms with Crippen molar-refractivity contribution >= 4 is 23.5 Å². The van der Waals surface area contributed by atoms with Crippen LogP contribution in [0.5, 0.6) is 0 Å². The van der Waals surface area contributed by atoms with E-state index in [0.29, 0.717) is 0 Å². The van der Waals surface area contributed by atoms with E-state index in [1.807, 2.05) is 6.92 Å². The van der Waals surface area contributed by atoms with E-state index in [0.717, 1.165) is 6.42 Å². The summed E-state index contributed by atoms with van der Waals surface area (Å²) in [5.74, 6) is 0. The van der Waals surface area contributed by atoms with Gasteiger partial charge in [0.1, 0.15) is 0 Å². The molecule has 0 unspecified atom stereocenters. The molecule has 0 aliphatic carbocycles. The minimum absolute atomic E-state index is 1.11. The van der Waals surface area contributed by atoms with Gasteiger partial charge in [-0.15, -0.1) is 6.58 Å². The van der Waals surface area contributed by atoms with Gasteiger partial charge in [-0.3, -0.25) is 0 Å². The predicted molar refractivity (Wildman–Crippen MR) is 67.9 cm³/mol. The van der Waals surface area contributed by atoms with Crippen molar-refractivity contribution in [3.63, 3.8) is 0 Å². The largest absolute Gasteiger partial charge is 0.466 e. The molecule has 9 N–H and O–H groups in total. The van der Waals surface area contributed by atoms with E-state index >= 15 is 0 Å². The highest BCUT2D eigenvalue weighted by Gasteiger charge is 2.01. The van der Waals surface area contributed by atoms with Gasteiger partial charge in [-0.1, -0.05) is 12.5 Å². The molecule has 0 rings (SSSR count). The molecule has 0 atom stereocenters. The second-order valence-electron chi connectivity index (χ2n) is 2.85. The van der Waals surface area contributed by atoms with Crippen molar-refractivity contribution in [3.05, 3.63) is 12.2 Å². The molecule has 0 saturated heterocycles. The Balaban J connectivity index is -0.0000000853. The van der Waals surface area contributed by atoms with Crippen molar-refractivity contribution in [2.45, 2.75) is 20.3 Å². The van der Waals surface area contributed by atoms with Gasteiger partial charge in [0.2, 0.25) is 0 Å². The molecular formula is C5H19O12P3. The fourth-order valence-electron chi connectivity index (χ4n) is 0. The quantitative estimate of drug-likeness (QED) is 0.205. The third-order valence-electron chi connectivity index (χ3n) is 0.604. The van der Waals surface area contributed by atoms with Crippen LogP contribution in [0.1, 0.15) is 20.3 Å². The van der Waals surface area contributed by atoms with Crippen LogP contribution in [-0.2, 0) is 13.7 Å². The molecule has 0 bridgehead atoms. The summed E-state index contributed by atoms with van der Waals surface area (Å²) >= 11 is 0. The SMILES string of the molecule is C=C(C)CC.O=P(O)(O)O.O=P(O)(O)O.O=P(O)(O)O. The molecule has 0 saturated carbocycles. The summed E-state index contributed by atoms with van der Waals surface area (Å²) in [7, 11) is -13.9. The van der Waals surface area contributed by atoms with Crippen molar-refractivity contribution < 1.29 is 57.7 Å². The second-order valence-corrected chi connectivity index (χ2v) is 5.93. The third kappa shape index (κ3) is 1230. The highest BCUT2D eigenvalue weighted by atomic mass is 31.2. The van der Waals surface area contributed by atoms with Gasteiger partial charge in [0.25, 0.3) is 0 Å². The smallest absolute Gasteiger partial charge is 0.303 e. The number of allylic oxidation sites excluding steroid dienone is 1. The van der Waals surface area contributed by atoms with E-state index in [-0.39, 0.29) is 0 Å². The molecule has 0 aliphatic rings. The van der Waals surface area contributed by atoms with Gasteiger partial charge < -0.3 is 44.0 Å². The topological polar surface area (TPSA) is 233 Å². The first-order valence-corrected chi connectivity index (χ1v) is 8.96. The maximum absolute atomic E-state index is 8.88. The fourth-order valence-corrected chi connectivity index (χ4v) is 0. The van der Waals surface area contributed by atoms with E-state index in [9.17, 15) is 0 Å². The van der Waals surface area contributed by atoms with Gasteiger partial charge in [0.05, 0.1) is 0 Å². The molecule has 0 spiro atoms. The molecule has 15 heteroatoms. The van der Waals surface area contributed by atoms with Crippen LogP contribution in [0.4, 0.5) is 0 Å². The Morgan fingerprint density at radius 3 is 0.800 bits per heavy atom. The first-order valence-electron chi connectivity index (χ1n) is 4.26. The Labute approximate surface area is 114 Å². The van der Waals surface area contributed by atoms with Crippen molar-refractivity contribution in [3.8, 4) is 0 Å². The minimum atomic E-state index is -4.64. The average molecular weight is 364 g/mol. The maximum Gasteiger partial charge on any atom is 0.466 e. The first-order chi connectivity index (χ1) is 8.27. The van der Waals surface area contributed by atoms with Crippen LogP contribution in [-0.4, -0.2) is 44.0 Å². The Bertz CT molecular complexity index is 300. The molecule has 12 nitrogen and oxygen atoms in total. The molecule has 0 aliphatic heterocycles. The highest BCUT2D eigenvalue weighted by molar-refractivity contribution is 7.45. The zero-order valence-corrected chi connectivity index (χ0v) is 13.2. The van der Waals surface area contributed by atoms with Crippen LogP contribution in [0.15, 0.2) is 12.2 Å². The maximum atomic E-state index is 8.88. The van der Waals surface area contributed by atoms with E-state index in [1.165, 1.54) is 5.57 Å². The molecular weight excluding hydrogens is 345 g/mol. The summed E-state index contributed by atoms with van der Waals surface area (Å²) < 4.78 is 26.6. The summed E-state index contributed by atoms with van der Waals surface area (Å²) in [6, 6.07) is 0. The Morgan fingerprint density at radius 2 is 0.800 bits per heavy atom. The van der Waals surface area contributed by atoms with Crippen molar-refractivity contribution in [1.82, 2.24) is 0 Å². The van der Waals surface area contributed by atoms with Gasteiger partial charge in [-0.25, -0.2) is 13.7 Å². The Hall–Kier alpha value is 0.0700. The van der Waals surface area contributed by atoms with Gasteiger partial charge in [0.15, 0.2) is 0 Å². The van der Waals surface area contributed by atoms with Crippen molar-refractivity contribution in [2.24, 2.45) is 0 Å². The zero-order valence-electron chi connectivity index (χ0n) is 10.5. The molecule has 0 heterocycles. The first kappa shape index (κ1) is 28.3. The van der Waals surface area contributed by atoms with Gasteiger partial charge >= 0.3 is 23.5 Å². The number of hydrogen-bond acceptors (Lipinski definition) is 3. The monoisotopic (exact) mass is 364 g/mol. The van der Waals surface area contributed by atoms with E-state index < -0.39 is 23.5 Å². The van der Waals surface area contributed by atoms with Crippen LogP contribution in [0, 0.1) is 0 Å². The second kappa shape index (κ2) is 12.8. The predicted octanol–water partition coefficient (Wildman–Crippen LogP) is -0.813. The zero-order chi connectivity index (χ0) is 17.8. The number of phosphoric acid groups is 3. The van der Waals surface area contributed by atoms with Crippen LogP contribution < -0.4 is 0 Å². The van der Waals surface area contributed by atoms with Gasteiger partial charge in [-0.05, 0) is 13.3 Å². The Kier molecular flexibility index (Phi) is 18.1. The average Bonchev–Trinajstić information content (AvgIpc) is 1.93. The molecule has 20 heavy (non-hydrogen) atoms. The van der Waals surface area contributed by atoms with Gasteiger partial charge in [0, 0.05) is 0 Å². The summed E-state index contributed by atoms with van der Waals surface area (Å²) in [4.78, 5) is 64.7. The lowest BCUT2D eigenvalue weighted by molar-refractivity contribution is 0.272. The lowest BCUT2D eigenvalue weighted by atomic mass is 10.3. The Morgan fingerprint density at radius 1 is 0.750 bits per heavy atom. The molecule has 0 amide bonds. The van der Waals surface area contributed by atoms with Gasteiger partial charge in [-0.2, -0.15) is 0 Å². The van der Waals surface area contributed by atoms with E-state index in [4.69, 9.17) is 57.7 Å². The third-order valence-corrected chi connectivity index (χ3v) is 0.604. The fraction of sp³-hybridized carbons (Fsp3) is 0.600. The van der Waals surface area contributed by atoms with Crippen LogP contribution in [0.3, 0.4) is 0 Å². The number of rotatable bonds is 1. The summed E-state index contributed by atoms with van der Waals surface area (Å²) in [6.45, 7) is 7.80. The molecule has 0 radical (unpaired) electrons. The summed E-state index contributed by atoms with van der Waals surface area (Å²) in [5.41, 5.74) is 1.25.